The highest BCUT2D eigenvalue weighted by Crippen LogP contribution is 2.21. The lowest BCUT2D eigenvalue weighted by Gasteiger charge is -2.33. The molecule has 0 saturated heterocycles. The number of nitro groups is 1. The number of hydrogen-bond acceptors (Lipinski definition) is 7. The molecule has 31 heavy (non-hydrogen) atoms. The first-order valence-electron chi connectivity index (χ1n) is 9.24. The number of halogens is 2. The fourth-order valence-electron chi connectivity index (χ4n) is 2.85. The Hall–Kier alpha value is -3.80. The molecule has 6 N–H and O–H groups in total. The van der Waals surface area contributed by atoms with Crippen molar-refractivity contribution in [2.24, 2.45) is 21.5 Å². The summed E-state index contributed by atoms with van der Waals surface area (Å²) in [4.78, 5) is 18.9. The van der Waals surface area contributed by atoms with Gasteiger partial charge in [0.25, 0.3) is 5.69 Å². The van der Waals surface area contributed by atoms with Crippen LogP contribution in [0.3, 0.4) is 0 Å². The summed E-state index contributed by atoms with van der Waals surface area (Å²) in [6.45, 7) is 1.83. The van der Waals surface area contributed by atoms with Gasteiger partial charge in [-0.1, -0.05) is 12.1 Å². The van der Waals surface area contributed by atoms with E-state index in [1.54, 1.807) is 19.1 Å². The second kappa shape index (κ2) is 8.92. The molecule has 164 valence electrons. The molecular formula is C19H21F2N7O3. The Balaban J connectivity index is 1.65. The van der Waals surface area contributed by atoms with E-state index in [1.807, 2.05) is 0 Å². The third kappa shape index (κ3) is 5.63. The van der Waals surface area contributed by atoms with Gasteiger partial charge in [-0.05, 0) is 24.6 Å². The van der Waals surface area contributed by atoms with E-state index in [0.717, 1.165) is 17.7 Å². The van der Waals surface area contributed by atoms with E-state index in [0.29, 0.717) is 0 Å². The summed E-state index contributed by atoms with van der Waals surface area (Å²) in [5, 5.41) is 16.5. The summed E-state index contributed by atoms with van der Waals surface area (Å²) in [5.74, 6) is -2.89. The van der Waals surface area contributed by atoms with Crippen LogP contribution in [-0.4, -0.2) is 29.2 Å². The number of nitrogens with zero attached hydrogens (tertiary/aromatic N) is 3. The van der Waals surface area contributed by atoms with Gasteiger partial charge in [0, 0.05) is 24.6 Å². The second-order valence-electron chi connectivity index (χ2n) is 6.85. The monoisotopic (exact) mass is 433 g/mol. The average molecular weight is 433 g/mol. The van der Waals surface area contributed by atoms with E-state index < -0.39 is 22.3 Å². The minimum absolute atomic E-state index is 0.0177. The standard InChI is InChI=1S/C19H21F2N7O3/c1-11(12-2-4-13(5-3-12)28(29)30)24-18-25-17(22)26-19(23,27-18)8-9-31-14-6-7-15(20)16(21)10-14/h2-7,10-11H,8-9,23H2,1H3,(H4,22,24,25,26,27)/t11-,19?/m0/s1. The topological polar surface area (TPSA) is 153 Å². The molecule has 0 amide bonds. The number of nitrogens with one attached hydrogen (secondary N) is 2. The van der Waals surface area contributed by atoms with Crippen LogP contribution in [0.25, 0.3) is 0 Å². The van der Waals surface area contributed by atoms with Crippen LogP contribution in [0, 0.1) is 21.7 Å². The number of nitro benzene ring substituents is 1. The number of rotatable bonds is 7. The van der Waals surface area contributed by atoms with Crippen molar-refractivity contribution in [3.8, 4) is 5.75 Å². The number of non-ortho nitro benzene ring substituents is 1. The molecule has 12 heteroatoms. The minimum atomic E-state index is -1.35. The molecule has 0 fully saturated rings. The molecule has 1 heterocycles. The van der Waals surface area contributed by atoms with Crippen LogP contribution in [0.1, 0.15) is 24.9 Å². The molecule has 0 saturated carbocycles. The summed E-state index contributed by atoms with van der Waals surface area (Å²) in [7, 11) is 0. The molecule has 1 unspecified atom stereocenters. The Morgan fingerprint density at radius 2 is 1.97 bits per heavy atom. The highest BCUT2D eigenvalue weighted by Gasteiger charge is 2.30. The number of guanidine groups is 2. The van der Waals surface area contributed by atoms with E-state index in [-0.39, 0.29) is 42.4 Å². The summed E-state index contributed by atoms with van der Waals surface area (Å²) in [6, 6.07) is 8.84. The van der Waals surface area contributed by atoms with E-state index >= 15 is 0 Å². The van der Waals surface area contributed by atoms with Crippen LogP contribution in [-0.2, 0) is 0 Å². The van der Waals surface area contributed by atoms with Crippen LogP contribution in [0.4, 0.5) is 14.5 Å². The number of ether oxygens (including phenoxy) is 1. The van der Waals surface area contributed by atoms with E-state index in [1.165, 1.54) is 18.2 Å². The van der Waals surface area contributed by atoms with Crippen molar-refractivity contribution in [1.82, 2.24) is 10.6 Å². The van der Waals surface area contributed by atoms with Crippen molar-refractivity contribution in [2.75, 3.05) is 6.61 Å². The van der Waals surface area contributed by atoms with Gasteiger partial charge in [0.15, 0.2) is 23.4 Å². The lowest BCUT2D eigenvalue weighted by Crippen LogP contribution is -2.65. The average Bonchev–Trinajstić information content (AvgIpc) is 2.70. The van der Waals surface area contributed by atoms with Crippen molar-refractivity contribution in [2.45, 2.75) is 25.2 Å². The van der Waals surface area contributed by atoms with Crippen LogP contribution >= 0.6 is 0 Å². The fraction of sp³-hybridized carbons (Fsp3) is 0.263. The smallest absolute Gasteiger partial charge is 0.269 e. The van der Waals surface area contributed by atoms with Crippen molar-refractivity contribution in [1.29, 1.82) is 0 Å². The maximum Gasteiger partial charge on any atom is 0.269 e. The Morgan fingerprint density at radius 1 is 1.26 bits per heavy atom. The van der Waals surface area contributed by atoms with Gasteiger partial charge in [0.1, 0.15) is 5.75 Å². The summed E-state index contributed by atoms with van der Waals surface area (Å²) in [6.07, 6.45) is 0.138. The Labute approximate surface area is 176 Å². The highest BCUT2D eigenvalue weighted by atomic mass is 19.2. The maximum absolute atomic E-state index is 13.3. The van der Waals surface area contributed by atoms with Crippen LogP contribution in [0.15, 0.2) is 52.4 Å². The largest absolute Gasteiger partial charge is 0.493 e. The lowest BCUT2D eigenvalue weighted by atomic mass is 10.1. The van der Waals surface area contributed by atoms with Gasteiger partial charge in [0.2, 0.25) is 5.96 Å². The van der Waals surface area contributed by atoms with Crippen molar-refractivity contribution in [3.05, 3.63) is 69.8 Å². The normalized spacial score (nSPS) is 20.4. The Kier molecular flexibility index (Phi) is 6.30. The van der Waals surface area contributed by atoms with Gasteiger partial charge >= 0.3 is 0 Å². The molecule has 0 aliphatic carbocycles. The zero-order valence-electron chi connectivity index (χ0n) is 16.5. The SMILES string of the molecule is C[C@H](N=C1NC(N)=NC(N)(CCOc2ccc(F)c(F)c2)N1)c1ccc([N+](=O)[O-])cc1. The third-order valence-corrected chi connectivity index (χ3v) is 4.45. The molecular weight excluding hydrogens is 412 g/mol. The number of aliphatic imine (C=N–C) groups is 2. The molecule has 1 aliphatic rings. The maximum atomic E-state index is 13.3. The molecule has 0 radical (unpaired) electrons. The van der Waals surface area contributed by atoms with Gasteiger partial charge in [-0.3, -0.25) is 21.2 Å². The third-order valence-electron chi connectivity index (χ3n) is 4.45. The van der Waals surface area contributed by atoms with E-state index in [4.69, 9.17) is 16.2 Å². The van der Waals surface area contributed by atoms with Gasteiger partial charge in [-0.15, -0.1) is 0 Å². The fourth-order valence-corrected chi connectivity index (χ4v) is 2.85. The molecule has 2 aromatic carbocycles. The molecule has 0 aromatic heterocycles. The minimum Gasteiger partial charge on any atom is -0.493 e. The van der Waals surface area contributed by atoms with Crippen LogP contribution in [0.2, 0.25) is 0 Å². The molecule has 0 spiro atoms. The second-order valence-corrected chi connectivity index (χ2v) is 6.85. The molecule has 2 aromatic rings. The van der Waals surface area contributed by atoms with Gasteiger partial charge < -0.3 is 15.8 Å². The van der Waals surface area contributed by atoms with Gasteiger partial charge in [-0.25, -0.2) is 18.8 Å². The van der Waals surface area contributed by atoms with Crippen molar-refractivity contribution < 1.29 is 18.4 Å². The first kappa shape index (κ1) is 21.9. The predicted octanol–water partition coefficient (Wildman–Crippen LogP) is 1.88. The quantitative estimate of drug-likeness (QED) is 0.384. The lowest BCUT2D eigenvalue weighted by molar-refractivity contribution is -0.384. The van der Waals surface area contributed by atoms with Crippen LogP contribution < -0.4 is 26.8 Å². The Bertz CT molecular complexity index is 1030. The van der Waals surface area contributed by atoms with Crippen molar-refractivity contribution in [3.63, 3.8) is 0 Å². The van der Waals surface area contributed by atoms with E-state index in [2.05, 4.69) is 20.6 Å². The van der Waals surface area contributed by atoms with Gasteiger partial charge in [0.05, 0.1) is 17.6 Å². The molecule has 2 atom stereocenters. The number of nitrogens with two attached hydrogens (primary N) is 2. The molecule has 1 aliphatic heterocycles. The molecule has 3 rings (SSSR count). The Morgan fingerprint density at radius 3 is 2.61 bits per heavy atom. The number of benzene rings is 2. The van der Waals surface area contributed by atoms with Gasteiger partial charge in [-0.2, -0.15) is 0 Å². The van der Waals surface area contributed by atoms with Crippen LogP contribution in [0.5, 0.6) is 5.75 Å². The molecule has 10 nitrogen and oxygen atoms in total. The predicted molar refractivity (Wildman–Crippen MR) is 110 cm³/mol. The summed E-state index contributed by atoms with van der Waals surface area (Å²) >= 11 is 0. The van der Waals surface area contributed by atoms with Crippen molar-refractivity contribution >= 4 is 17.6 Å². The van der Waals surface area contributed by atoms with E-state index in [9.17, 15) is 18.9 Å². The highest BCUT2D eigenvalue weighted by molar-refractivity contribution is 6.00. The summed E-state index contributed by atoms with van der Waals surface area (Å²) in [5.41, 5.74) is 12.8. The summed E-state index contributed by atoms with van der Waals surface area (Å²) < 4.78 is 31.7. The zero-order chi connectivity index (χ0) is 22.6. The first-order chi connectivity index (χ1) is 14.6. The zero-order valence-corrected chi connectivity index (χ0v) is 16.5. The first-order valence-corrected chi connectivity index (χ1v) is 9.24. The molecule has 0 bridgehead atoms. The number of hydrogen-bond donors (Lipinski definition) is 4.